The maximum Gasteiger partial charge on any atom is 0.217 e. The van der Waals surface area contributed by atoms with E-state index in [0.717, 1.165) is 25.2 Å². The number of carbonyl (C=O) groups is 1. The van der Waals surface area contributed by atoms with Gasteiger partial charge in [0.25, 0.3) is 0 Å². The number of hydrogen-bond acceptors (Lipinski definition) is 2. The Morgan fingerprint density at radius 3 is 3.06 bits per heavy atom. The normalized spacial score (nSPS) is 19.9. The molecule has 16 heavy (non-hydrogen) atoms. The van der Waals surface area contributed by atoms with Crippen molar-refractivity contribution in [2.45, 2.75) is 19.4 Å². The summed E-state index contributed by atoms with van der Waals surface area (Å²) in [6.45, 7) is 3.13. The van der Waals surface area contributed by atoms with E-state index in [1.54, 1.807) is 6.07 Å². The first-order valence-electron chi connectivity index (χ1n) is 5.43. The number of carbonyl (C=O) groups excluding carboxylic acids is 1. The molecule has 1 N–H and O–H groups in total. The molecule has 0 aromatic heterocycles. The number of nitrogens with zero attached hydrogens (tertiary/aromatic N) is 1. The van der Waals surface area contributed by atoms with Gasteiger partial charge < -0.3 is 10.2 Å². The highest BCUT2D eigenvalue weighted by molar-refractivity contribution is 5.73. The fourth-order valence-corrected chi connectivity index (χ4v) is 2.07. The summed E-state index contributed by atoms with van der Waals surface area (Å²) in [4.78, 5) is 13.0. The van der Waals surface area contributed by atoms with E-state index in [9.17, 15) is 9.18 Å². The highest BCUT2D eigenvalue weighted by Crippen LogP contribution is 2.20. The lowest BCUT2D eigenvalue weighted by Crippen LogP contribution is -2.35. The predicted molar refractivity (Wildman–Crippen MR) is 60.8 cm³/mol. The molecule has 2 rings (SSSR count). The Morgan fingerprint density at radius 2 is 2.38 bits per heavy atom. The van der Waals surface area contributed by atoms with Gasteiger partial charge in [-0.15, -0.1) is 0 Å². The maximum atomic E-state index is 13.0. The van der Waals surface area contributed by atoms with Crippen LogP contribution in [0.1, 0.15) is 13.3 Å². The fourth-order valence-electron chi connectivity index (χ4n) is 2.07. The first kappa shape index (κ1) is 10.9. The average Bonchev–Trinajstić information content (AvgIpc) is 2.65. The second-order valence-electron chi connectivity index (χ2n) is 4.11. The van der Waals surface area contributed by atoms with Crippen LogP contribution < -0.4 is 10.2 Å². The van der Waals surface area contributed by atoms with E-state index in [0.29, 0.717) is 0 Å². The highest BCUT2D eigenvalue weighted by Gasteiger charge is 2.23. The van der Waals surface area contributed by atoms with E-state index >= 15 is 0 Å². The SMILES string of the molecule is CC(=O)NC1CCN(c2cccc(F)c2)C1. The molecule has 1 amide bonds. The summed E-state index contributed by atoms with van der Waals surface area (Å²) in [5.74, 6) is -0.230. The van der Waals surface area contributed by atoms with Gasteiger partial charge in [0, 0.05) is 31.7 Å². The molecule has 1 aromatic carbocycles. The monoisotopic (exact) mass is 222 g/mol. The quantitative estimate of drug-likeness (QED) is 0.823. The molecule has 1 atom stereocenters. The van der Waals surface area contributed by atoms with Gasteiger partial charge in [-0.05, 0) is 24.6 Å². The molecule has 1 fully saturated rings. The van der Waals surface area contributed by atoms with Crippen LogP contribution in [0.2, 0.25) is 0 Å². The first-order chi connectivity index (χ1) is 7.65. The van der Waals surface area contributed by atoms with Gasteiger partial charge in [-0.25, -0.2) is 4.39 Å². The molecule has 0 saturated carbocycles. The lowest BCUT2D eigenvalue weighted by Gasteiger charge is -2.18. The Morgan fingerprint density at radius 1 is 1.56 bits per heavy atom. The van der Waals surface area contributed by atoms with E-state index < -0.39 is 0 Å². The van der Waals surface area contributed by atoms with Crippen LogP contribution in [-0.4, -0.2) is 25.0 Å². The van der Waals surface area contributed by atoms with Crippen molar-refractivity contribution in [3.63, 3.8) is 0 Å². The van der Waals surface area contributed by atoms with Crippen molar-refractivity contribution < 1.29 is 9.18 Å². The van der Waals surface area contributed by atoms with Gasteiger partial charge in [0.15, 0.2) is 0 Å². The molecule has 3 nitrogen and oxygen atoms in total. The molecule has 1 heterocycles. The van der Waals surface area contributed by atoms with Crippen LogP contribution in [0, 0.1) is 5.82 Å². The number of benzene rings is 1. The molecule has 1 saturated heterocycles. The number of nitrogens with one attached hydrogen (secondary N) is 1. The van der Waals surface area contributed by atoms with Gasteiger partial charge in [-0.2, -0.15) is 0 Å². The predicted octanol–water partition coefficient (Wildman–Crippen LogP) is 1.54. The van der Waals surface area contributed by atoms with E-state index in [1.807, 2.05) is 6.07 Å². The minimum absolute atomic E-state index is 0.00825. The largest absolute Gasteiger partial charge is 0.369 e. The zero-order chi connectivity index (χ0) is 11.5. The van der Waals surface area contributed by atoms with Crippen LogP contribution >= 0.6 is 0 Å². The van der Waals surface area contributed by atoms with Crippen LogP contribution in [0.25, 0.3) is 0 Å². The summed E-state index contributed by atoms with van der Waals surface area (Å²) in [5.41, 5.74) is 0.882. The summed E-state index contributed by atoms with van der Waals surface area (Å²) < 4.78 is 13.0. The molecule has 1 aromatic rings. The first-order valence-corrected chi connectivity index (χ1v) is 5.43. The number of halogens is 1. The molecule has 0 aliphatic carbocycles. The molecular weight excluding hydrogens is 207 g/mol. The van der Waals surface area contributed by atoms with E-state index in [-0.39, 0.29) is 17.8 Å². The third-order valence-electron chi connectivity index (χ3n) is 2.77. The number of amides is 1. The Hall–Kier alpha value is -1.58. The smallest absolute Gasteiger partial charge is 0.217 e. The standard InChI is InChI=1S/C12H15FN2O/c1-9(16)14-11-5-6-15(8-11)12-4-2-3-10(13)7-12/h2-4,7,11H,5-6,8H2,1H3,(H,14,16). The second kappa shape index (κ2) is 4.51. The Labute approximate surface area is 94.3 Å². The van der Waals surface area contributed by atoms with Gasteiger partial charge in [0.1, 0.15) is 5.82 Å². The molecular formula is C12H15FN2O. The third-order valence-corrected chi connectivity index (χ3v) is 2.77. The zero-order valence-corrected chi connectivity index (χ0v) is 9.24. The van der Waals surface area contributed by atoms with Crippen LogP contribution in [0.4, 0.5) is 10.1 Å². The van der Waals surface area contributed by atoms with Crippen LogP contribution in [0.5, 0.6) is 0 Å². The number of rotatable bonds is 2. The van der Waals surface area contributed by atoms with Crippen LogP contribution in [0.15, 0.2) is 24.3 Å². The molecule has 86 valence electrons. The Bertz CT molecular complexity index is 394. The number of hydrogen-bond donors (Lipinski definition) is 1. The summed E-state index contributed by atoms with van der Waals surface area (Å²) >= 11 is 0. The van der Waals surface area contributed by atoms with Crippen molar-refractivity contribution in [3.05, 3.63) is 30.1 Å². The lowest BCUT2D eigenvalue weighted by molar-refractivity contribution is -0.119. The molecule has 0 radical (unpaired) electrons. The topological polar surface area (TPSA) is 32.3 Å². The van der Waals surface area contributed by atoms with Gasteiger partial charge in [-0.3, -0.25) is 4.79 Å². The Balaban J connectivity index is 2.00. The van der Waals surface area contributed by atoms with Gasteiger partial charge >= 0.3 is 0 Å². The van der Waals surface area contributed by atoms with Crippen molar-refractivity contribution in [2.24, 2.45) is 0 Å². The third kappa shape index (κ3) is 2.51. The minimum Gasteiger partial charge on any atom is -0.369 e. The molecule has 0 bridgehead atoms. The van der Waals surface area contributed by atoms with Gasteiger partial charge in [0.05, 0.1) is 0 Å². The van der Waals surface area contributed by atoms with Crippen LogP contribution in [0.3, 0.4) is 0 Å². The van der Waals surface area contributed by atoms with E-state index in [2.05, 4.69) is 10.2 Å². The Kier molecular flexibility index (Phi) is 3.08. The highest BCUT2D eigenvalue weighted by atomic mass is 19.1. The van der Waals surface area contributed by atoms with Gasteiger partial charge in [-0.1, -0.05) is 6.07 Å². The molecule has 1 aliphatic heterocycles. The summed E-state index contributed by atoms with van der Waals surface area (Å²) in [5, 5.41) is 2.88. The van der Waals surface area contributed by atoms with Crippen LogP contribution in [-0.2, 0) is 4.79 Å². The molecule has 1 aliphatic rings. The summed E-state index contributed by atoms with van der Waals surface area (Å²) in [6.07, 6.45) is 0.913. The zero-order valence-electron chi connectivity index (χ0n) is 9.24. The maximum absolute atomic E-state index is 13.0. The van der Waals surface area contributed by atoms with E-state index in [1.165, 1.54) is 19.1 Å². The molecule has 4 heteroatoms. The molecule has 0 spiro atoms. The average molecular weight is 222 g/mol. The molecule has 1 unspecified atom stereocenters. The van der Waals surface area contributed by atoms with Crippen molar-refractivity contribution in [2.75, 3.05) is 18.0 Å². The number of anilines is 1. The minimum atomic E-state index is -0.222. The van der Waals surface area contributed by atoms with Crippen molar-refractivity contribution in [1.82, 2.24) is 5.32 Å². The summed E-state index contributed by atoms with van der Waals surface area (Å²) in [6, 6.07) is 6.73. The summed E-state index contributed by atoms with van der Waals surface area (Å²) in [7, 11) is 0. The van der Waals surface area contributed by atoms with Crippen molar-refractivity contribution in [1.29, 1.82) is 0 Å². The fraction of sp³-hybridized carbons (Fsp3) is 0.417. The van der Waals surface area contributed by atoms with Crippen molar-refractivity contribution >= 4 is 11.6 Å². The van der Waals surface area contributed by atoms with E-state index in [4.69, 9.17) is 0 Å². The van der Waals surface area contributed by atoms with Gasteiger partial charge in [0.2, 0.25) is 5.91 Å². The van der Waals surface area contributed by atoms with Crippen molar-refractivity contribution in [3.8, 4) is 0 Å². The lowest BCUT2D eigenvalue weighted by atomic mass is 10.2. The second-order valence-corrected chi connectivity index (χ2v) is 4.11.